The molecular formula is C25H32N4O6. The standard InChI is InChI=1S/C25H32N4O6/c1-4-28(5-2)20-9-6-18(7-10-20)24(31)26-27-25(32)19-8-11-21(22(16-19)33-3)35-17-23(30)29-12-14-34-15-13-29/h6-11,16H,4-5,12-15,17H2,1-3H3,(H,26,31)(H,27,32). The van der Waals surface area contributed by atoms with Gasteiger partial charge >= 0.3 is 0 Å². The molecule has 0 aliphatic carbocycles. The minimum Gasteiger partial charge on any atom is -0.493 e. The van der Waals surface area contributed by atoms with Crippen LogP contribution < -0.4 is 25.2 Å². The molecule has 10 heteroatoms. The Bertz CT molecular complexity index is 1020. The third-order valence-corrected chi connectivity index (χ3v) is 5.69. The molecule has 0 atom stereocenters. The van der Waals surface area contributed by atoms with Crippen molar-refractivity contribution in [1.82, 2.24) is 15.8 Å². The van der Waals surface area contributed by atoms with E-state index in [-0.39, 0.29) is 18.1 Å². The number of ether oxygens (including phenoxy) is 3. The van der Waals surface area contributed by atoms with Crippen LogP contribution in [0.3, 0.4) is 0 Å². The summed E-state index contributed by atoms with van der Waals surface area (Å²) in [6.45, 7) is 7.81. The third-order valence-electron chi connectivity index (χ3n) is 5.69. The van der Waals surface area contributed by atoms with Gasteiger partial charge in [0.2, 0.25) is 0 Å². The van der Waals surface area contributed by atoms with Crippen molar-refractivity contribution in [2.24, 2.45) is 0 Å². The lowest BCUT2D eigenvalue weighted by Crippen LogP contribution is -2.43. The quantitative estimate of drug-likeness (QED) is 0.523. The van der Waals surface area contributed by atoms with E-state index in [2.05, 4.69) is 29.6 Å². The van der Waals surface area contributed by atoms with Crippen LogP contribution in [0.5, 0.6) is 11.5 Å². The van der Waals surface area contributed by atoms with E-state index < -0.39 is 11.8 Å². The lowest BCUT2D eigenvalue weighted by atomic mass is 10.2. The number of anilines is 1. The van der Waals surface area contributed by atoms with Gasteiger partial charge in [0.05, 0.1) is 20.3 Å². The second-order valence-corrected chi connectivity index (χ2v) is 7.77. The number of methoxy groups -OCH3 is 1. The van der Waals surface area contributed by atoms with Crippen LogP contribution in [0, 0.1) is 0 Å². The predicted molar refractivity (Wildman–Crippen MR) is 131 cm³/mol. The van der Waals surface area contributed by atoms with Gasteiger partial charge in [0.15, 0.2) is 18.1 Å². The molecule has 0 bridgehead atoms. The molecule has 0 spiro atoms. The van der Waals surface area contributed by atoms with E-state index in [4.69, 9.17) is 14.2 Å². The zero-order valence-electron chi connectivity index (χ0n) is 20.3. The first-order chi connectivity index (χ1) is 17.0. The topological polar surface area (TPSA) is 109 Å². The van der Waals surface area contributed by atoms with Crippen LogP contribution in [0.4, 0.5) is 5.69 Å². The number of amides is 3. The van der Waals surface area contributed by atoms with E-state index in [1.807, 2.05) is 12.1 Å². The maximum Gasteiger partial charge on any atom is 0.269 e. The monoisotopic (exact) mass is 484 g/mol. The summed E-state index contributed by atoms with van der Waals surface area (Å²) in [5.41, 5.74) is 6.52. The minimum absolute atomic E-state index is 0.148. The molecule has 1 heterocycles. The number of rotatable bonds is 9. The van der Waals surface area contributed by atoms with Crippen LogP contribution in [-0.4, -0.2) is 75.7 Å². The van der Waals surface area contributed by atoms with Crippen molar-refractivity contribution in [2.75, 3.05) is 58.0 Å². The Morgan fingerprint density at radius 1 is 0.914 bits per heavy atom. The molecule has 10 nitrogen and oxygen atoms in total. The average Bonchev–Trinajstić information content (AvgIpc) is 2.91. The van der Waals surface area contributed by atoms with Crippen molar-refractivity contribution < 1.29 is 28.6 Å². The number of benzene rings is 2. The molecule has 1 saturated heterocycles. The molecule has 35 heavy (non-hydrogen) atoms. The molecule has 2 aromatic rings. The number of carbonyl (C=O) groups is 3. The Morgan fingerprint density at radius 2 is 1.51 bits per heavy atom. The first kappa shape index (κ1) is 25.8. The molecule has 188 valence electrons. The molecule has 0 aromatic heterocycles. The van der Waals surface area contributed by atoms with Crippen LogP contribution >= 0.6 is 0 Å². The number of nitrogens with one attached hydrogen (secondary N) is 2. The summed E-state index contributed by atoms with van der Waals surface area (Å²) in [7, 11) is 1.44. The Morgan fingerprint density at radius 3 is 2.11 bits per heavy atom. The number of morpholine rings is 1. The fourth-order valence-corrected chi connectivity index (χ4v) is 3.64. The molecule has 0 unspecified atom stereocenters. The lowest BCUT2D eigenvalue weighted by molar-refractivity contribution is -0.137. The van der Waals surface area contributed by atoms with Gasteiger partial charge in [-0.05, 0) is 56.3 Å². The van der Waals surface area contributed by atoms with Crippen molar-refractivity contribution in [1.29, 1.82) is 0 Å². The zero-order chi connectivity index (χ0) is 25.2. The normalized spacial score (nSPS) is 13.1. The Kier molecular flexibility index (Phi) is 9.31. The van der Waals surface area contributed by atoms with Gasteiger partial charge in [0.25, 0.3) is 17.7 Å². The van der Waals surface area contributed by atoms with Gasteiger partial charge in [-0.1, -0.05) is 0 Å². The van der Waals surface area contributed by atoms with E-state index in [1.54, 1.807) is 23.1 Å². The summed E-state index contributed by atoms with van der Waals surface area (Å²) in [4.78, 5) is 41.1. The third kappa shape index (κ3) is 6.86. The van der Waals surface area contributed by atoms with Crippen molar-refractivity contribution >= 4 is 23.4 Å². The maximum atomic E-state index is 12.6. The SMILES string of the molecule is CCN(CC)c1ccc(C(=O)NNC(=O)c2ccc(OCC(=O)N3CCOCC3)c(OC)c2)cc1. The number of hydrogen-bond acceptors (Lipinski definition) is 7. The molecule has 1 aliphatic rings. The van der Waals surface area contributed by atoms with E-state index in [9.17, 15) is 14.4 Å². The van der Waals surface area contributed by atoms with Crippen LogP contribution in [0.1, 0.15) is 34.6 Å². The largest absolute Gasteiger partial charge is 0.493 e. The molecule has 1 aliphatic heterocycles. The van der Waals surface area contributed by atoms with Gasteiger partial charge in [-0.15, -0.1) is 0 Å². The summed E-state index contributed by atoms with van der Waals surface area (Å²) in [6, 6.07) is 11.7. The van der Waals surface area contributed by atoms with Gasteiger partial charge < -0.3 is 24.0 Å². The first-order valence-corrected chi connectivity index (χ1v) is 11.6. The van der Waals surface area contributed by atoms with Crippen LogP contribution in [0.2, 0.25) is 0 Å². The fraction of sp³-hybridized carbons (Fsp3) is 0.400. The lowest BCUT2D eigenvalue weighted by Gasteiger charge is -2.26. The highest BCUT2D eigenvalue weighted by molar-refractivity contribution is 5.99. The molecule has 0 radical (unpaired) electrons. The number of hydrogen-bond donors (Lipinski definition) is 2. The van der Waals surface area contributed by atoms with Crippen LogP contribution in [0.15, 0.2) is 42.5 Å². The van der Waals surface area contributed by atoms with Crippen molar-refractivity contribution in [3.8, 4) is 11.5 Å². The maximum absolute atomic E-state index is 12.6. The summed E-state index contributed by atoms with van der Waals surface area (Å²) in [5, 5.41) is 0. The first-order valence-electron chi connectivity index (χ1n) is 11.6. The second kappa shape index (κ2) is 12.6. The Labute approximate surface area is 205 Å². The van der Waals surface area contributed by atoms with Gasteiger partial charge in [-0.3, -0.25) is 25.2 Å². The molecule has 1 fully saturated rings. The van der Waals surface area contributed by atoms with Gasteiger partial charge in [-0.2, -0.15) is 0 Å². The molecule has 3 rings (SSSR count). The predicted octanol–water partition coefficient (Wildman–Crippen LogP) is 1.85. The Balaban J connectivity index is 1.55. The van der Waals surface area contributed by atoms with Crippen molar-refractivity contribution in [2.45, 2.75) is 13.8 Å². The highest BCUT2D eigenvalue weighted by Crippen LogP contribution is 2.28. The average molecular weight is 485 g/mol. The van der Waals surface area contributed by atoms with Crippen LogP contribution in [0.25, 0.3) is 0 Å². The molecule has 2 N–H and O–H groups in total. The van der Waals surface area contributed by atoms with E-state index in [1.165, 1.54) is 19.2 Å². The minimum atomic E-state index is -0.521. The molecule has 0 saturated carbocycles. The highest BCUT2D eigenvalue weighted by atomic mass is 16.5. The summed E-state index contributed by atoms with van der Waals surface area (Å²) in [5.74, 6) is -0.468. The molecule has 3 amide bonds. The van der Waals surface area contributed by atoms with Crippen molar-refractivity contribution in [3.05, 3.63) is 53.6 Å². The summed E-state index contributed by atoms with van der Waals surface area (Å²) >= 11 is 0. The van der Waals surface area contributed by atoms with Crippen LogP contribution in [-0.2, 0) is 9.53 Å². The second-order valence-electron chi connectivity index (χ2n) is 7.77. The summed E-state index contributed by atoms with van der Waals surface area (Å²) < 4.78 is 16.2. The number of nitrogens with zero attached hydrogens (tertiary/aromatic N) is 2. The number of carbonyl (C=O) groups excluding carboxylic acids is 3. The number of hydrazine groups is 1. The van der Waals surface area contributed by atoms with E-state index in [0.29, 0.717) is 43.4 Å². The fourth-order valence-electron chi connectivity index (χ4n) is 3.64. The van der Waals surface area contributed by atoms with E-state index in [0.717, 1.165) is 18.8 Å². The zero-order valence-corrected chi connectivity index (χ0v) is 20.3. The molecule has 2 aromatic carbocycles. The van der Waals surface area contributed by atoms with Gasteiger partial charge in [0, 0.05) is 43.0 Å². The van der Waals surface area contributed by atoms with Crippen molar-refractivity contribution in [3.63, 3.8) is 0 Å². The van der Waals surface area contributed by atoms with E-state index >= 15 is 0 Å². The molecular weight excluding hydrogens is 452 g/mol. The van der Waals surface area contributed by atoms with Gasteiger partial charge in [-0.25, -0.2) is 0 Å². The summed E-state index contributed by atoms with van der Waals surface area (Å²) in [6.07, 6.45) is 0. The Hall–Kier alpha value is -3.79. The smallest absolute Gasteiger partial charge is 0.269 e. The van der Waals surface area contributed by atoms with Gasteiger partial charge in [0.1, 0.15) is 0 Å². The highest BCUT2D eigenvalue weighted by Gasteiger charge is 2.19.